The van der Waals surface area contributed by atoms with E-state index in [9.17, 15) is 18.0 Å². The Balaban J connectivity index is 2.04. The van der Waals surface area contributed by atoms with Gasteiger partial charge in [0.2, 0.25) is 0 Å². The number of benzene rings is 1. The van der Waals surface area contributed by atoms with Crippen LogP contribution in [-0.4, -0.2) is 12.1 Å². The van der Waals surface area contributed by atoms with Gasteiger partial charge in [0.1, 0.15) is 0 Å². The van der Waals surface area contributed by atoms with E-state index in [0.29, 0.717) is 0 Å². The molecule has 2 rings (SSSR count). The Morgan fingerprint density at radius 2 is 1.95 bits per heavy atom. The second-order valence-corrected chi connectivity index (χ2v) is 5.05. The Kier molecular flexibility index (Phi) is 4.20. The molecule has 0 radical (unpaired) electrons. The van der Waals surface area contributed by atoms with Crippen LogP contribution >= 0.6 is 0 Å². The van der Waals surface area contributed by atoms with Crippen molar-refractivity contribution in [1.29, 1.82) is 0 Å². The first-order valence-corrected chi connectivity index (χ1v) is 6.61. The molecule has 1 fully saturated rings. The molecule has 0 spiro atoms. The van der Waals surface area contributed by atoms with Crippen molar-refractivity contribution in [3.05, 3.63) is 35.4 Å². The van der Waals surface area contributed by atoms with Crippen molar-refractivity contribution >= 4 is 6.03 Å². The summed E-state index contributed by atoms with van der Waals surface area (Å²) in [5, 5.41) is 5.30. The zero-order valence-corrected chi connectivity index (χ0v) is 11.1. The lowest BCUT2D eigenvalue weighted by molar-refractivity contribution is -0.138. The number of urea groups is 1. The van der Waals surface area contributed by atoms with Crippen LogP contribution in [0.1, 0.15) is 43.4 Å². The summed E-state index contributed by atoms with van der Waals surface area (Å²) in [6, 6.07) is 4.32. The Labute approximate surface area is 115 Å². The number of alkyl halides is 3. The normalized spacial score (nSPS) is 17.2. The highest BCUT2D eigenvalue weighted by Crippen LogP contribution is 2.34. The SMILES string of the molecule is C[C@H](NC(=O)NC1CCC1)c1ccccc1C(F)(F)F. The van der Waals surface area contributed by atoms with Gasteiger partial charge in [-0.15, -0.1) is 0 Å². The van der Waals surface area contributed by atoms with Crippen LogP contribution in [0.5, 0.6) is 0 Å². The van der Waals surface area contributed by atoms with E-state index in [1.165, 1.54) is 18.2 Å². The molecule has 0 unspecified atom stereocenters. The van der Waals surface area contributed by atoms with Gasteiger partial charge in [-0.05, 0) is 37.8 Å². The highest BCUT2D eigenvalue weighted by Gasteiger charge is 2.34. The molecule has 1 aliphatic rings. The van der Waals surface area contributed by atoms with E-state index in [4.69, 9.17) is 0 Å². The van der Waals surface area contributed by atoms with E-state index in [1.807, 2.05) is 0 Å². The summed E-state index contributed by atoms with van der Waals surface area (Å²) in [5.41, 5.74) is -0.639. The fraction of sp³-hybridized carbons (Fsp3) is 0.500. The van der Waals surface area contributed by atoms with Crippen LogP contribution in [-0.2, 0) is 6.18 Å². The van der Waals surface area contributed by atoms with Crippen molar-refractivity contribution in [2.75, 3.05) is 0 Å². The van der Waals surface area contributed by atoms with E-state index >= 15 is 0 Å². The molecule has 110 valence electrons. The monoisotopic (exact) mass is 286 g/mol. The van der Waals surface area contributed by atoms with Crippen LogP contribution in [0, 0.1) is 0 Å². The summed E-state index contributed by atoms with van der Waals surface area (Å²) < 4.78 is 38.7. The van der Waals surface area contributed by atoms with Crippen molar-refractivity contribution in [3.63, 3.8) is 0 Å². The minimum absolute atomic E-state index is 0.0729. The molecule has 3 nitrogen and oxygen atoms in total. The molecule has 2 amide bonds. The van der Waals surface area contributed by atoms with E-state index in [0.717, 1.165) is 25.3 Å². The standard InChI is InChI=1S/C14H17F3N2O/c1-9(18-13(20)19-10-5-4-6-10)11-7-2-3-8-12(11)14(15,16)17/h2-3,7-10H,4-6H2,1H3,(H2,18,19,20)/t9-/m0/s1. The fourth-order valence-electron chi connectivity index (χ4n) is 2.19. The first-order chi connectivity index (χ1) is 9.38. The summed E-state index contributed by atoms with van der Waals surface area (Å²) in [6.07, 6.45) is -1.48. The van der Waals surface area contributed by atoms with Gasteiger partial charge in [-0.3, -0.25) is 0 Å². The first kappa shape index (κ1) is 14.7. The maximum atomic E-state index is 12.9. The van der Waals surface area contributed by atoms with Crippen LogP contribution < -0.4 is 10.6 Å². The van der Waals surface area contributed by atoms with E-state index < -0.39 is 23.8 Å². The summed E-state index contributed by atoms with van der Waals surface area (Å²) in [4.78, 5) is 11.7. The predicted molar refractivity (Wildman–Crippen MR) is 69.2 cm³/mol. The molecule has 1 aliphatic carbocycles. The van der Waals surface area contributed by atoms with Crippen LogP contribution in [0.15, 0.2) is 24.3 Å². The van der Waals surface area contributed by atoms with Crippen molar-refractivity contribution < 1.29 is 18.0 Å². The minimum Gasteiger partial charge on any atom is -0.335 e. The smallest absolute Gasteiger partial charge is 0.335 e. The number of hydrogen-bond acceptors (Lipinski definition) is 1. The molecule has 0 heterocycles. The van der Waals surface area contributed by atoms with Crippen LogP contribution in [0.3, 0.4) is 0 Å². The third-order valence-electron chi connectivity index (χ3n) is 3.52. The van der Waals surface area contributed by atoms with Crippen molar-refractivity contribution in [2.24, 2.45) is 0 Å². The van der Waals surface area contributed by atoms with Crippen LogP contribution in [0.25, 0.3) is 0 Å². The molecule has 0 aliphatic heterocycles. The quantitative estimate of drug-likeness (QED) is 0.875. The van der Waals surface area contributed by atoms with Gasteiger partial charge in [-0.1, -0.05) is 18.2 Å². The summed E-state index contributed by atoms with van der Waals surface area (Å²) >= 11 is 0. The highest BCUT2D eigenvalue weighted by atomic mass is 19.4. The van der Waals surface area contributed by atoms with Gasteiger partial charge in [0.25, 0.3) is 0 Å². The lowest BCUT2D eigenvalue weighted by Crippen LogP contribution is -2.45. The third-order valence-corrected chi connectivity index (χ3v) is 3.52. The zero-order valence-electron chi connectivity index (χ0n) is 11.1. The molecule has 6 heteroatoms. The summed E-state index contributed by atoms with van der Waals surface area (Å²) in [5.74, 6) is 0. The molecule has 1 aromatic carbocycles. The maximum Gasteiger partial charge on any atom is 0.416 e. The minimum atomic E-state index is -4.42. The van der Waals surface area contributed by atoms with Crippen molar-refractivity contribution in [1.82, 2.24) is 10.6 Å². The summed E-state index contributed by atoms with van der Waals surface area (Å²) in [6.45, 7) is 1.55. The predicted octanol–water partition coefficient (Wildman–Crippen LogP) is 3.62. The van der Waals surface area contributed by atoms with E-state index in [2.05, 4.69) is 10.6 Å². The highest BCUT2D eigenvalue weighted by molar-refractivity contribution is 5.74. The average molecular weight is 286 g/mol. The Hall–Kier alpha value is -1.72. The molecule has 0 bridgehead atoms. The van der Waals surface area contributed by atoms with Gasteiger partial charge in [0, 0.05) is 6.04 Å². The zero-order chi connectivity index (χ0) is 14.8. The van der Waals surface area contributed by atoms with Gasteiger partial charge in [-0.25, -0.2) is 4.79 Å². The van der Waals surface area contributed by atoms with Gasteiger partial charge in [0.05, 0.1) is 11.6 Å². The molecular formula is C14H17F3N2O. The topological polar surface area (TPSA) is 41.1 Å². The second-order valence-electron chi connectivity index (χ2n) is 5.05. The lowest BCUT2D eigenvalue weighted by Gasteiger charge is -2.27. The number of nitrogens with one attached hydrogen (secondary N) is 2. The van der Waals surface area contributed by atoms with Crippen molar-refractivity contribution in [3.8, 4) is 0 Å². The molecule has 0 aromatic heterocycles. The Morgan fingerprint density at radius 3 is 2.50 bits per heavy atom. The molecule has 0 saturated heterocycles. The number of amides is 2. The molecule has 1 saturated carbocycles. The van der Waals surface area contributed by atoms with E-state index in [-0.39, 0.29) is 11.6 Å². The van der Waals surface area contributed by atoms with Gasteiger partial charge >= 0.3 is 12.2 Å². The summed E-state index contributed by atoms with van der Waals surface area (Å²) in [7, 11) is 0. The van der Waals surface area contributed by atoms with E-state index in [1.54, 1.807) is 6.92 Å². The van der Waals surface area contributed by atoms with Gasteiger partial charge < -0.3 is 10.6 Å². The Morgan fingerprint density at radius 1 is 1.30 bits per heavy atom. The van der Waals surface area contributed by atoms with Crippen LogP contribution in [0.4, 0.5) is 18.0 Å². The maximum absolute atomic E-state index is 12.9. The average Bonchev–Trinajstić information content (AvgIpc) is 2.33. The van der Waals surface area contributed by atoms with Gasteiger partial charge in [-0.2, -0.15) is 13.2 Å². The molecule has 2 N–H and O–H groups in total. The largest absolute Gasteiger partial charge is 0.416 e. The molecule has 20 heavy (non-hydrogen) atoms. The lowest BCUT2D eigenvalue weighted by atomic mass is 9.93. The number of rotatable bonds is 3. The fourth-order valence-corrected chi connectivity index (χ4v) is 2.19. The van der Waals surface area contributed by atoms with Crippen molar-refractivity contribution in [2.45, 2.75) is 44.4 Å². The van der Waals surface area contributed by atoms with Gasteiger partial charge in [0.15, 0.2) is 0 Å². The molecule has 1 aromatic rings. The number of halogens is 3. The third kappa shape index (κ3) is 3.43. The number of carbonyl (C=O) groups excluding carboxylic acids is 1. The second kappa shape index (κ2) is 5.73. The molecular weight excluding hydrogens is 269 g/mol. The first-order valence-electron chi connectivity index (χ1n) is 6.61. The number of carbonyl (C=O) groups is 1. The number of hydrogen-bond donors (Lipinski definition) is 2. The Bertz CT molecular complexity index is 484. The van der Waals surface area contributed by atoms with Crippen LogP contribution in [0.2, 0.25) is 0 Å². The molecule has 1 atom stereocenters.